The molecular weight excluding hydrogens is 234 g/mol. The molecule has 2 rings (SSSR count). The van der Waals surface area contributed by atoms with Crippen LogP contribution in [0.15, 0.2) is 6.33 Å². The Balaban J connectivity index is 2.84. The summed E-state index contributed by atoms with van der Waals surface area (Å²) in [7, 11) is 1.30. The Morgan fingerprint density at radius 1 is 1.39 bits per heavy atom. The molecule has 0 radical (unpaired) electrons. The predicted octanol–water partition coefficient (Wildman–Crippen LogP) is 0.950. The second-order valence-electron chi connectivity index (χ2n) is 4.88. The average molecular weight is 249 g/mol. The van der Waals surface area contributed by atoms with Crippen LogP contribution in [-0.2, 0) is 10.3 Å². The van der Waals surface area contributed by atoms with Crippen LogP contribution in [0.25, 0.3) is 11.0 Å². The maximum absolute atomic E-state index is 11.7. The molecule has 7 heteroatoms. The van der Waals surface area contributed by atoms with Crippen LogP contribution in [0, 0.1) is 0 Å². The van der Waals surface area contributed by atoms with Gasteiger partial charge >= 0.3 is 5.97 Å². The molecule has 0 atom stereocenters. The van der Waals surface area contributed by atoms with E-state index < -0.39 is 5.97 Å². The number of nitrogen functional groups attached to an aromatic ring is 1. The van der Waals surface area contributed by atoms with Gasteiger partial charge in [0.1, 0.15) is 12.1 Å². The zero-order chi connectivity index (χ0) is 13.5. The Morgan fingerprint density at radius 2 is 2.06 bits per heavy atom. The first-order valence-corrected chi connectivity index (χ1v) is 5.44. The molecule has 0 fully saturated rings. The van der Waals surface area contributed by atoms with Crippen molar-refractivity contribution in [3.8, 4) is 0 Å². The topological polar surface area (TPSA) is 95.9 Å². The minimum atomic E-state index is -0.551. The Morgan fingerprint density at radius 3 is 2.61 bits per heavy atom. The molecule has 0 unspecified atom stereocenters. The number of aromatic nitrogens is 4. The number of fused-ring (bicyclic) bond motifs is 1. The number of hydrogen-bond acceptors (Lipinski definition) is 6. The van der Waals surface area contributed by atoms with E-state index in [1.165, 1.54) is 13.4 Å². The first-order chi connectivity index (χ1) is 8.36. The fraction of sp³-hybridized carbons (Fsp3) is 0.455. The van der Waals surface area contributed by atoms with Gasteiger partial charge in [-0.1, -0.05) is 0 Å². The fourth-order valence-corrected chi connectivity index (χ4v) is 1.68. The van der Waals surface area contributed by atoms with Gasteiger partial charge < -0.3 is 10.5 Å². The van der Waals surface area contributed by atoms with Crippen molar-refractivity contribution in [2.75, 3.05) is 12.8 Å². The Hall–Kier alpha value is -2.18. The van der Waals surface area contributed by atoms with Gasteiger partial charge in [-0.3, -0.25) is 0 Å². The zero-order valence-electron chi connectivity index (χ0n) is 10.8. The van der Waals surface area contributed by atoms with Crippen molar-refractivity contribution in [2.24, 2.45) is 0 Å². The molecule has 7 nitrogen and oxygen atoms in total. The van der Waals surface area contributed by atoms with Gasteiger partial charge in [0.2, 0.25) is 0 Å². The highest BCUT2D eigenvalue weighted by Gasteiger charge is 2.26. The number of nitrogens with two attached hydrogens (primary N) is 1. The van der Waals surface area contributed by atoms with E-state index in [1.807, 2.05) is 20.8 Å². The highest BCUT2D eigenvalue weighted by Crippen LogP contribution is 2.26. The summed E-state index contributed by atoms with van der Waals surface area (Å²) in [5.74, 6) is -0.333. The van der Waals surface area contributed by atoms with Crippen molar-refractivity contribution in [3.63, 3.8) is 0 Å². The van der Waals surface area contributed by atoms with Crippen LogP contribution >= 0.6 is 0 Å². The van der Waals surface area contributed by atoms with Gasteiger partial charge in [-0.25, -0.2) is 19.4 Å². The van der Waals surface area contributed by atoms with Gasteiger partial charge in [-0.15, -0.1) is 0 Å². The first kappa shape index (κ1) is 12.3. The Kier molecular flexibility index (Phi) is 2.68. The van der Waals surface area contributed by atoms with Crippen LogP contribution in [0.4, 0.5) is 5.82 Å². The normalized spacial score (nSPS) is 11.8. The third-order valence-electron chi connectivity index (χ3n) is 2.51. The maximum atomic E-state index is 11.7. The molecule has 0 bridgehead atoms. The van der Waals surface area contributed by atoms with E-state index in [2.05, 4.69) is 15.1 Å². The van der Waals surface area contributed by atoms with Gasteiger partial charge in [0, 0.05) is 0 Å². The lowest BCUT2D eigenvalue weighted by Crippen LogP contribution is -2.24. The van der Waals surface area contributed by atoms with Gasteiger partial charge in [0.15, 0.2) is 11.3 Å². The number of ether oxygens (including phenoxy) is 1. The Bertz CT molecular complexity index is 612. The minimum absolute atomic E-state index is 0.139. The molecule has 2 heterocycles. The molecule has 2 aromatic heterocycles. The van der Waals surface area contributed by atoms with Crippen molar-refractivity contribution in [2.45, 2.75) is 26.3 Å². The van der Waals surface area contributed by atoms with Crippen molar-refractivity contribution >= 4 is 22.8 Å². The molecule has 0 saturated heterocycles. The molecule has 2 N–H and O–H groups in total. The zero-order valence-corrected chi connectivity index (χ0v) is 10.8. The summed E-state index contributed by atoms with van der Waals surface area (Å²) in [6, 6.07) is 0. The van der Waals surface area contributed by atoms with Crippen LogP contribution in [0.2, 0.25) is 0 Å². The molecule has 0 spiro atoms. The minimum Gasteiger partial charge on any atom is -0.464 e. The van der Waals surface area contributed by atoms with Crippen LogP contribution in [0.5, 0.6) is 0 Å². The molecule has 0 amide bonds. The summed E-state index contributed by atoms with van der Waals surface area (Å²) >= 11 is 0. The number of hydrogen-bond donors (Lipinski definition) is 1. The van der Waals surface area contributed by atoms with E-state index >= 15 is 0 Å². The number of carbonyl (C=O) groups excluding carboxylic acids is 1. The number of anilines is 1. The van der Waals surface area contributed by atoms with Crippen molar-refractivity contribution in [1.82, 2.24) is 19.7 Å². The van der Waals surface area contributed by atoms with Gasteiger partial charge in [0.25, 0.3) is 0 Å². The number of esters is 1. The first-order valence-electron chi connectivity index (χ1n) is 5.44. The van der Waals surface area contributed by atoms with E-state index in [9.17, 15) is 4.79 Å². The van der Waals surface area contributed by atoms with Gasteiger partial charge in [0.05, 0.1) is 18.0 Å². The van der Waals surface area contributed by atoms with Crippen molar-refractivity contribution < 1.29 is 9.53 Å². The summed E-state index contributed by atoms with van der Waals surface area (Å²) in [5, 5.41) is 4.68. The van der Waals surface area contributed by atoms with Crippen LogP contribution in [0.3, 0.4) is 0 Å². The molecule has 0 aliphatic carbocycles. The molecule has 2 aromatic rings. The number of carbonyl (C=O) groups is 1. The number of rotatable bonds is 1. The second kappa shape index (κ2) is 3.94. The molecule has 0 saturated carbocycles. The highest BCUT2D eigenvalue weighted by molar-refractivity contribution is 6.05. The van der Waals surface area contributed by atoms with Gasteiger partial charge in [-0.05, 0) is 20.8 Å². The quantitative estimate of drug-likeness (QED) is 0.756. The monoisotopic (exact) mass is 249 g/mol. The predicted molar refractivity (Wildman–Crippen MR) is 66.1 cm³/mol. The Labute approximate surface area is 104 Å². The largest absolute Gasteiger partial charge is 0.464 e. The van der Waals surface area contributed by atoms with E-state index in [0.717, 1.165) is 0 Å². The fourth-order valence-electron chi connectivity index (χ4n) is 1.68. The summed E-state index contributed by atoms with van der Waals surface area (Å²) < 4.78 is 6.34. The summed E-state index contributed by atoms with van der Waals surface area (Å²) in [6.45, 7) is 5.87. The third-order valence-corrected chi connectivity index (χ3v) is 2.51. The number of methoxy groups -OCH3 is 1. The SMILES string of the molecule is COC(=O)c1nn(C(C)(C)C)c2ncnc(N)c12. The van der Waals surface area contributed by atoms with Crippen LogP contribution in [-0.4, -0.2) is 32.8 Å². The molecule has 0 aliphatic heterocycles. The molecule has 0 aliphatic rings. The second-order valence-corrected chi connectivity index (χ2v) is 4.88. The third kappa shape index (κ3) is 1.77. The van der Waals surface area contributed by atoms with Crippen molar-refractivity contribution in [1.29, 1.82) is 0 Å². The van der Waals surface area contributed by atoms with E-state index in [1.54, 1.807) is 4.68 Å². The number of nitrogens with zero attached hydrogens (tertiary/aromatic N) is 4. The molecule has 96 valence electrons. The van der Waals surface area contributed by atoms with Crippen molar-refractivity contribution in [3.05, 3.63) is 12.0 Å². The summed E-state index contributed by atoms with van der Waals surface area (Å²) in [6.07, 6.45) is 1.35. The maximum Gasteiger partial charge on any atom is 0.359 e. The lowest BCUT2D eigenvalue weighted by atomic mass is 10.1. The summed E-state index contributed by atoms with van der Waals surface area (Å²) in [4.78, 5) is 19.7. The summed E-state index contributed by atoms with van der Waals surface area (Å²) in [5.41, 5.74) is 6.13. The average Bonchev–Trinajstić information content (AvgIpc) is 2.68. The van der Waals surface area contributed by atoms with Crippen LogP contribution < -0.4 is 5.73 Å². The van der Waals surface area contributed by atoms with E-state index in [4.69, 9.17) is 10.5 Å². The standard InChI is InChI=1S/C11H15N5O2/c1-11(2,3)16-9-6(8(12)13-5-14-9)7(15-16)10(17)18-4/h5H,1-4H3,(H2,12,13,14). The molecule has 0 aromatic carbocycles. The lowest BCUT2D eigenvalue weighted by Gasteiger charge is -2.19. The van der Waals surface area contributed by atoms with Gasteiger partial charge in [-0.2, -0.15) is 5.10 Å². The lowest BCUT2D eigenvalue weighted by molar-refractivity contribution is 0.0594. The molecule has 18 heavy (non-hydrogen) atoms. The molecular formula is C11H15N5O2. The van der Waals surface area contributed by atoms with E-state index in [-0.39, 0.29) is 17.1 Å². The van der Waals surface area contributed by atoms with E-state index in [0.29, 0.717) is 11.0 Å². The smallest absolute Gasteiger partial charge is 0.359 e. The van der Waals surface area contributed by atoms with Crippen LogP contribution in [0.1, 0.15) is 31.3 Å². The highest BCUT2D eigenvalue weighted by atomic mass is 16.5.